The van der Waals surface area contributed by atoms with Gasteiger partial charge in [0.25, 0.3) is 11.8 Å². The molecule has 8 heteroatoms. The molecule has 0 bridgehead atoms. The van der Waals surface area contributed by atoms with Crippen LogP contribution in [0.4, 0.5) is 5.69 Å². The van der Waals surface area contributed by atoms with Crippen LogP contribution < -0.4 is 10.2 Å². The summed E-state index contributed by atoms with van der Waals surface area (Å²) in [4.78, 5) is 27.7. The number of amides is 2. The van der Waals surface area contributed by atoms with E-state index < -0.39 is 11.8 Å². The summed E-state index contributed by atoms with van der Waals surface area (Å²) in [6.07, 6.45) is 1.66. The number of thiocarbonyl (C=S) groups is 1. The number of aryl methyl sites for hydroxylation is 2. The predicted octanol–water partition coefficient (Wildman–Crippen LogP) is 5.06. The van der Waals surface area contributed by atoms with E-state index in [1.54, 1.807) is 53.0 Å². The fourth-order valence-corrected chi connectivity index (χ4v) is 5.89. The van der Waals surface area contributed by atoms with Crippen molar-refractivity contribution in [3.8, 4) is 0 Å². The van der Waals surface area contributed by atoms with Crippen LogP contribution in [0.2, 0.25) is 5.02 Å². The molecular formula is C19H13ClN2O2S3. The number of carbonyl (C=O) groups is 2. The molecule has 3 aromatic rings. The largest absolute Gasteiger partial charge is 0.298 e. The predicted molar refractivity (Wildman–Crippen MR) is 117 cm³/mol. The lowest BCUT2D eigenvalue weighted by molar-refractivity contribution is -0.122. The highest BCUT2D eigenvalue weighted by Crippen LogP contribution is 2.39. The summed E-state index contributed by atoms with van der Waals surface area (Å²) in [5.74, 6) is -0.929. The molecule has 2 aromatic heterocycles. The molecule has 1 N–H and O–H groups in total. The molecule has 1 aromatic carbocycles. The van der Waals surface area contributed by atoms with Gasteiger partial charge in [-0.1, -0.05) is 11.6 Å². The summed E-state index contributed by atoms with van der Waals surface area (Å²) in [7, 11) is 0. The van der Waals surface area contributed by atoms with Gasteiger partial charge >= 0.3 is 0 Å². The van der Waals surface area contributed by atoms with E-state index in [1.807, 2.05) is 6.92 Å². The Morgan fingerprint density at radius 1 is 1.19 bits per heavy atom. The highest BCUT2D eigenvalue weighted by molar-refractivity contribution is 7.80. The van der Waals surface area contributed by atoms with Crippen molar-refractivity contribution in [3.05, 3.63) is 56.2 Å². The van der Waals surface area contributed by atoms with Crippen LogP contribution in [0.1, 0.15) is 16.0 Å². The Kier molecular flexibility index (Phi) is 4.63. The topological polar surface area (TPSA) is 49.4 Å². The Labute approximate surface area is 174 Å². The Morgan fingerprint density at radius 3 is 2.56 bits per heavy atom. The summed E-state index contributed by atoms with van der Waals surface area (Å²) in [6.45, 7) is 4.08. The van der Waals surface area contributed by atoms with E-state index in [1.165, 1.54) is 19.9 Å². The Balaban J connectivity index is 1.78. The fourth-order valence-electron chi connectivity index (χ4n) is 3.00. The summed E-state index contributed by atoms with van der Waals surface area (Å²) in [6, 6.07) is 6.73. The summed E-state index contributed by atoms with van der Waals surface area (Å²) in [5.41, 5.74) is 2.90. The van der Waals surface area contributed by atoms with E-state index in [-0.39, 0.29) is 10.7 Å². The van der Waals surface area contributed by atoms with Crippen molar-refractivity contribution >= 4 is 84.6 Å². The fraction of sp³-hybridized carbons (Fsp3) is 0.105. The molecule has 1 aliphatic rings. The first-order valence-electron chi connectivity index (χ1n) is 8.01. The molecule has 1 saturated heterocycles. The molecule has 0 unspecified atom stereocenters. The number of nitrogens with zero attached hydrogens (tertiary/aromatic N) is 1. The van der Waals surface area contributed by atoms with E-state index in [2.05, 4.69) is 17.6 Å². The number of nitrogens with one attached hydrogen (secondary N) is 1. The molecular weight excluding hydrogens is 420 g/mol. The molecule has 4 rings (SSSR count). The van der Waals surface area contributed by atoms with E-state index in [9.17, 15) is 9.59 Å². The maximum Gasteiger partial charge on any atom is 0.270 e. The molecule has 1 fully saturated rings. The first-order chi connectivity index (χ1) is 12.9. The zero-order valence-electron chi connectivity index (χ0n) is 14.3. The van der Waals surface area contributed by atoms with Crippen LogP contribution in [0.3, 0.4) is 0 Å². The lowest BCUT2D eigenvalue weighted by Gasteiger charge is -2.28. The lowest BCUT2D eigenvalue weighted by Crippen LogP contribution is -2.54. The Morgan fingerprint density at radius 2 is 1.89 bits per heavy atom. The molecule has 2 amide bonds. The summed E-state index contributed by atoms with van der Waals surface area (Å²) < 4.78 is 1.19. The smallest absolute Gasteiger partial charge is 0.270 e. The third-order valence-corrected chi connectivity index (χ3v) is 7.35. The van der Waals surface area contributed by atoms with E-state index in [4.69, 9.17) is 23.8 Å². The minimum Gasteiger partial charge on any atom is -0.298 e. The van der Waals surface area contributed by atoms with Gasteiger partial charge in [0.1, 0.15) is 5.57 Å². The number of benzene rings is 1. The maximum atomic E-state index is 13.1. The van der Waals surface area contributed by atoms with Gasteiger partial charge in [0.05, 0.1) is 9.70 Å². The van der Waals surface area contributed by atoms with Gasteiger partial charge in [0.2, 0.25) is 0 Å². The normalized spacial score (nSPS) is 16.5. The molecule has 0 spiro atoms. The van der Waals surface area contributed by atoms with Crippen LogP contribution in [0, 0.1) is 13.8 Å². The van der Waals surface area contributed by atoms with Crippen LogP contribution in [0.15, 0.2) is 35.2 Å². The number of carbonyl (C=O) groups excluding carboxylic acids is 2. The van der Waals surface area contributed by atoms with Crippen LogP contribution in [-0.2, 0) is 9.59 Å². The van der Waals surface area contributed by atoms with Gasteiger partial charge < -0.3 is 0 Å². The van der Waals surface area contributed by atoms with Crippen molar-refractivity contribution in [2.75, 3.05) is 4.90 Å². The maximum absolute atomic E-state index is 13.1. The number of hydrogen-bond acceptors (Lipinski definition) is 5. The molecule has 0 saturated carbocycles. The first kappa shape index (κ1) is 18.3. The van der Waals surface area contributed by atoms with Crippen molar-refractivity contribution < 1.29 is 9.59 Å². The van der Waals surface area contributed by atoms with E-state index >= 15 is 0 Å². The SMILES string of the molecule is Cc1csc2sc(/C=C3\C(=O)NC(=S)N(c4ccc(Cl)cc4)C3=O)c(C)c12. The number of thiophene rings is 2. The molecule has 0 radical (unpaired) electrons. The molecule has 0 aliphatic carbocycles. The number of fused-ring (bicyclic) bond motifs is 1. The molecule has 27 heavy (non-hydrogen) atoms. The standard InChI is InChI=1S/C19H13ClN2O2S3/c1-9-8-26-18-15(9)10(2)14(27-18)7-13-16(23)21-19(25)22(17(13)24)12-5-3-11(20)4-6-12/h3-8H,1-2H3,(H,21,23,25)/b13-7+. The van der Waals surface area contributed by atoms with Crippen molar-refractivity contribution in [3.63, 3.8) is 0 Å². The third-order valence-electron chi connectivity index (χ3n) is 4.35. The monoisotopic (exact) mass is 432 g/mol. The van der Waals surface area contributed by atoms with Crippen molar-refractivity contribution in [2.24, 2.45) is 0 Å². The van der Waals surface area contributed by atoms with Crippen molar-refractivity contribution in [1.29, 1.82) is 0 Å². The van der Waals surface area contributed by atoms with Gasteiger partial charge in [-0.2, -0.15) is 0 Å². The Bertz CT molecular complexity index is 1140. The van der Waals surface area contributed by atoms with Gasteiger partial charge in [-0.05, 0) is 72.9 Å². The average molecular weight is 433 g/mol. The summed E-state index contributed by atoms with van der Waals surface area (Å²) >= 11 is 14.4. The van der Waals surface area contributed by atoms with Crippen LogP contribution in [-0.4, -0.2) is 16.9 Å². The van der Waals surface area contributed by atoms with Crippen molar-refractivity contribution in [1.82, 2.24) is 5.32 Å². The minimum atomic E-state index is -0.483. The zero-order valence-corrected chi connectivity index (χ0v) is 17.5. The van der Waals surface area contributed by atoms with E-state index in [0.29, 0.717) is 10.7 Å². The number of halogens is 1. The zero-order chi connectivity index (χ0) is 19.3. The van der Waals surface area contributed by atoms with Gasteiger partial charge in [-0.25, -0.2) is 0 Å². The highest BCUT2D eigenvalue weighted by Gasteiger charge is 2.34. The first-order valence-corrected chi connectivity index (χ1v) is 10.5. The molecule has 3 heterocycles. The van der Waals surface area contributed by atoms with Gasteiger partial charge in [-0.3, -0.25) is 19.8 Å². The summed E-state index contributed by atoms with van der Waals surface area (Å²) in [5, 5.41) is 6.53. The van der Waals surface area contributed by atoms with Crippen LogP contribution >= 0.6 is 46.5 Å². The van der Waals surface area contributed by atoms with Crippen molar-refractivity contribution in [2.45, 2.75) is 13.8 Å². The second-order valence-corrected chi connectivity index (χ2v) is 9.12. The molecule has 4 nitrogen and oxygen atoms in total. The number of hydrogen-bond donors (Lipinski definition) is 1. The van der Waals surface area contributed by atoms with Gasteiger partial charge in [0.15, 0.2) is 5.11 Å². The molecule has 0 atom stereocenters. The Hall–Kier alpha value is -2.06. The lowest BCUT2D eigenvalue weighted by atomic mass is 10.1. The number of anilines is 1. The molecule has 1 aliphatic heterocycles. The van der Waals surface area contributed by atoms with Crippen LogP contribution in [0.25, 0.3) is 15.5 Å². The van der Waals surface area contributed by atoms with Crippen LogP contribution in [0.5, 0.6) is 0 Å². The quantitative estimate of drug-likeness (QED) is 0.349. The highest BCUT2D eigenvalue weighted by atomic mass is 35.5. The van der Waals surface area contributed by atoms with Gasteiger partial charge in [-0.15, -0.1) is 22.7 Å². The second kappa shape index (κ2) is 6.83. The minimum absolute atomic E-state index is 0.0594. The molecule has 136 valence electrons. The third kappa shape index (κ3) is 3.10. The van der Waals surface area contributed by atoms with E-state index in [0.717, 1.165) is 10.4 Å². The average Bonchev–Trinajstić information content (AvgIpc) is 3.13. The van der Waals surface area contributed by atoms with Gasteiger partial charge in [0, 0.05) is 15.3 Å². The number of rotatable bonds is 2. The second-order valence-electron chi connectivity index (χ2n) is 6.11.